The number of para-hydroxylation sites is 1. The number of ether oxygens (including phenoxy) is 1. The predicted molar refractivity (Wildman–Crippen MR) is 99.3 cm³/mol. The van der Waals surface area contributed by atoms with Gasteiger partial charge in [0.05, 0.1) is 16.8 Å². The van der Waals surface area contributed by atoms with Crippen LogP contribution in [0.2, 0.25) is 0 Å². The van der Waals surface area contributed by atoms with Gasteiger partial charge in [-0.05, 0) is 43.7 Å². The predicted octanol–water partition coefficient (Wildman–Crippen LogP) is 4.52. The maximum Gasteiger partial charge on any atom is 0.416 e. The fraction of sp³-hybridized carbons (Fsp3) is 0.300. The molecule has 0 aromatic heterocycles. The average molecular weight is 394 g/mol. The third kappa shape index (κ3) is 5.73. The van der Waals surface area contributed by atoms with Gasteiger partial charge in [-0.15, -0.1) is 0 Å². The van der Waals surface area contributed by atoms with Crippen LogP contribution in [-0.4, -0.2) is 24.5 Å². The fourth-order valence-electron chi connectivity index (χ4n) is 2.37. The van der Waals surface area contributed by atoms with Crippen LogP contribution >= 0.6 is 0 Å². The lowest BCUT2D eigenvalue weighted by Crippen LogP contribution is -2.36. The minimum atomic E-state index is -4.47. The number of carbonyl (C=O) groups excluding carboxylic acids is 2. The van der Waals surface area contributed by atoms with Gasteiger partial charge in [0.2, 0.25) is 0 Å². The van der Waals surface area contributed by atoms with E-state index in [2.05, 4.69) is 10.6 Å². The van der Waals surface area contributed by atoms with Crippen molar-refractivity contribution in [3.8, 4) is 0 Å². The van der Waals surface area contributed by atoms with E-state index in [-0.39, 0.29) is 16.9 Å². The van der Waals surface area contributed by atoms with E-state index in [1.807, 2.05) is 6.92 Å². The minimum Gasteiger partial charge on any atom is -0.449 e. The molecule has 0 spiro atoms. The molecule has 0 saturated carbocycles. The fourth-order valence-corrected chi connectivity index (χ4v) is 2.37. The zero-order valence-corrected chi connectivity index (χ0v) is 15.5. The van der Waals surface area contributed by atoms with Crippen molar-refractivity contribution in [1.29, 1.82) is 0 Å². The standard InChI is InChI=1S/C20H21F3N2O3/c1-3-11-24-18(26)13(2)28-19(27)16-9-4-5-10-17(16)25-15-8-6-7-14(12-15)20(21,22)23/h4-10,12-13,25H,3,11H2,1-2H3,(H,24,26). The number of halogens is 3. The highest BCUT2D eigenvalue weighted by Gasteiger charge is 2.30. The first kappa shape index (κ1) is 21.3. The summed E-state index contributed by atoms with van der Waals surface area (Å²) < 4.78 is 43.8. The molecule has 1 atom stereocenters. The van der Waals surface area contributed by atoms with Gasteiger partial charge >= 0.3 is 12.1 Å². The number of alkyl halides is 3. The van der Waals surface area contributed by atoms with Gasteiger partial charge in [-0.25, -0.2) is 4.79 Å². The molecule has 150 valence electrons. The number of nitrogens with one attached hydrogen (secondary N) is 2. The smallest absolute Gasteiger partial charge is 0.416 e. The molecule has 2 N–H and O–H groups in total. The summed E-state index contributed by atoms with van der Waals surface area (Å²) in [5.74, 6) is -1.17. The molecule has 28 heavy (non-hydrogen) atoms. The van der Waals surface area contributed by atoms with E-state index in [4.69, 9.17) is 4.74 Å². The number of rotatable bonds is 7. The van der Waals surface area contributed by atoms with Gasteiger partial charge in [-0.1, -0.05) is 25.1 Å². The van der Waals surface area contributed by atoms with Gasteiger partial charge in [0.15, 0.2) is 6.10 Å². The van der Waals surface area contributed by atoms with Crippen molar-refractivity contribution in [3.05, 3.63) is 59.7 Å². The zero-order chi connectivity index (χ0) is 20.7. The third-order valence-corrected chi connectivity index (χ3v) is 3.82. The van der Waals surface area contributed by atoms with Gasteiger partial charge in [0, 0.05) is 12.2 Å². The molecule has 2 rings (SSSR count). The largest absolute Gasteiger partial charge is 0.449 e. The molecule has 1 unspecified atom stereocenters. The van der Waals surface area contributed by atoms with Crippen molar-refractivity contribution >= 4 is 23.3 Å². The molecule has 0 aliphatic carbocycles. The van der Waals surface area contributed by atoms with E-state index in [1.54, 1.807) is 18.2 Å². The Kier molecular flexibility index (Phi) is 7.03. The molecular weight excluding hydrogens is 373 g/mol. The minimum absolute atomic E-state index is 0.107. The number of benzene rings is 2. The molecule has 2 aromatic rings. The SMILES string of the molecule is CCCNC(=O)C(C)OC(=O)c1ccccc1Nc1cccc(C(F)(F)F)c1. The summed E-state index contributed by atoms with van der Waals surface area (Å²) in [4.78, 5) is 24.3. The Morgan fingerprint density at radius 2 is 1.82 bits per heavy atom. The lowest BCUT2D eigenvalue weighted by Gasteiger charge is -2.16. The Bertz CT molecular complexity index is 837. The quantitative estimate of drug-likeness (QED) is 0.678. The van der Waals surface area contributed by atoms with E-state index in [0.717, 1.165) is 18.6 Å². The van der Waals surface area contributed by atoms with Gasteiger partial charge in [-0.3, -0.25) is 4.79 Å². The second kappa shape index (κ2) is 9.25. The van der Waals surface area contributed by atoms with E-state index in [9.17, 15) is 22.8 Å². The first-order chi connectivity index (χ1) is 13.2. The summed E-state index contributed by atoms with van der Waals surface area (Å²) in [6.07, 6.45) is -4.73. The molecule has 0 aliphatic heterocycles. The van der Waals surface area contributed by atoms with Gasteiger partial charge in [0.25, 0.3) is 5.91 Å². The van der Waals surface area contributed by atoms with Crippen LogP contribution in [-0.2, 0) is 15.7 Å². The molecule has 0 saturated heterocycles. The Labute approximate surface area is 160 Å². The van der Waals surface area contributed by atoms with Crippen molar-refractivity contribution in [2.75, 3.05) is 11.9 Å². The second-order valence-corrected chi connectivity index (χ2v) is 6.09. The Morgan fingerprint density at radius 3 is 2.50 bits per heavy atom. The third-order valence-electron chi connectivity index (χ3n) is 3.82. The number of esters is 1. The average Bonchev–Trinajstić information content (AvgIpc) is 2.66. The molecule has 8 heteroatoms. The highest BCUT2D eigenvalue weighted by Crippen LogP contribution is 2.32. The number of hydrogen-bond donors (Lipinski definition) is 2. The molecule has 0 aliphatic rings. The lowest BCUT2D eigenvalue weighted by molar-refractivity contribution is -0.137. The van der Waals surface area contributed by atoms with Gasteiger partial charge < -0.3 is 15.4 Å². The monoisotopic (exact) mass is 394 g/mol. The summed E-state index contributed by atoms with van der Waals surface area (Å²) >= 11 is 0. The number of carbonyl (C=O) groups is 2. The lowest BCUT2D eigenvalue weighted by atomic mass is 10.1. The van der Waals surface area contributed by atoms with Crippen molar-refractivity contribution in [3.63, 3.8) is 0 Å². The highest BCUT2D eigenvalue weighted by atomic mass is 19.4. The van der Waals surface area contributed by atoms with Crippen LogP contribution in [0.4, 0.5) is 24.5 Å². The zero-order valence-electron chi connectivity index (χ0n) is 15.5. The molecule has 0 radical (unpaired) electrons. The van der Waals surface area contributed by atoms with Crippen molar-refractivity contribution in [2.45, 2.75) is 32.5 Å². The van der Waals surface area contributed by atoms with Crippen LogP contribution in [0.5, 0.6) is 0 Å². The first-order valence-electron chi connectivity index (χ1n) is 8.74. The van der Waals surface area contributed by atoms with Crippen LogP contribution < -0.4 is 10.6 Å². The van der Waals surface area contributed by atoms with E-state index >= 15 is 0 Å². The van der Waals surface area contributed by atoms with Crippen molar-refractivity contribution < 1.29 is 27.5 Å². The van der Waals surface area contributed by atoms with Gasteiger partial charge in [-0.2, -0.15) is 13.2 Å². The maximum absolute atomic E-state index is 12.9. The molecule has 0 bridgehead atoms. The van der Waals surface area contributed by atoms with Crippen LogP contribution in [0.15, 0.2) is 48.5 Å². The summed E-state index contributed by atoms with van der Waals surface area (Å²) in [5, 5.41) is 5.43. The molecular formula is C20H21F3N2O3. The number of hydrogen-bond acceptors (Lipinski definition) is 4. The summed E-state index contributed by atoms with van der Waals surface area (Å²) in [7, 11) is 0. The van der Waals surface area contributed by atoms with Crippen molar-refractivity contribution in [1.82, 2.24) is 5.32 Å². The molecule has 0 fully saturated rings. The van der Waals surface area contributed by atoms with Crippen molar-refractivity contribution in [2.24, 2.45) is 0 Å². The maximum atomic E-state index is 12.9. The number of anilines is 2. The number of amides is 1. The summed E-state index contributed by atoms with van der Waals surface area (Å²) in [6, 6.07) is 10.9. The van der Waals surface area contributed by atoms with Crippen LogP contribution in [0.3, 0.4) is 0 Å². The molecule has 5 nitrogen and oxygen atoms in total. The van der Waals surface area contributed by atoms with E-state index in [1.165, 1.54) is 25.1 Å². The van der Waals surface area contributed by atoms with Crippen LogP contribution in [0, 0.1) is 0 Å². The first-order valence-corrected chi connectivity index (χ1v) is 8.74. The molecule has 1 amide bonds. The van der Waals surface area contributed by atoms with Crippen LogP contribution in [0.1, 0.15) is 36.2 Å². The normalized spacial score (nSPS) is 12.2. The highest BCUT2D eigenvalue weighted by molar-refractivity contribution is 5.98. The second-order valence-electron chi connectivity index (χ2n) is 6.09. The molecule has 0 heterocycles. The summed E-state index contributed by atoms with van der Waals surface area (Å²) in [6.45, 7) is 3.81. The Hall–Kier alpha value is -3.03. The summed E-state index contributed by atoms with van der Waals surface area (Å²) in [5.41, 5.74) is -0.259. The van der Waals surface area contributed by atoms with E-state index in [0.29, 0.717) is 6.54 Å². The van der Waals surface area contributed by atoms with Gasteiger partial charge in [0.1, 0.15) is 0 Å². The Morgan fingerprint density at radius 1 is 1.11 bits per heavy atom. The van der Waals surface area contributed by atoms with Crippen LogP contribution in [0.25, 0.3) is 0 Å². The Balaban J connectivity index is 2.17. The van der Waals surface area contributed by atoms with E-state index < -0.39 is 29.7 Å². The molecule has 2 aromatic carbocycles. The topological polar surface area (TPSA) is 67.4 Å².